The van der Waals surface area contributed by atoms with Crippen molar-refractivity contribution in [2.45, 2.75) is 20.3 Å². The summed E-state index contributed by atoms with van der Waals surface area (Å²) in [5, 5.41) is 1.11. The third kappa shape index (κ3) is 3.05. The minimum atomic E-state index is 0.204. The molecule has 0 atom stereocenters. The van der Waals surface area contributed by atoms with Gasteiger partial charge in [-0.05, 0) is 54.8 Å². The lowest BCUT2D eigenvalue weighted by Crippen LogP contribution is -1.91. The molecule has 0 spiro atoms. The van der Waals surface area contributed by atoms with Gasteiger partial charge in [-0.1, -0.05) is 22.9 Å². The Kier molecular flexibility index (Phi) is 4.15. The monoisotopic (exact) mass is 382 g/mol. The minimum absolute atomic E-state index is 0.204. The molecule has 6 heteroatoms. The van der Waals surface area contributed by atoms with E-state index in [9.17, 15) is 0 Å². The molecule has 3 nitrogen and oxygen atoms in total. The van der Waals surface area contributed by atoms with Crippen molar-refractivity contribution in [2.24, 2.45) is 0 Å². The van der Waals surface area contributed by atoms with Crippen molar-refractivity contribution >= 4 is 49.1 Å². The smallest absolute Gasteiger partial charge is 0.232 e. The third-order valence-electron chi connectivity index (χ3n) is 3.07. The van der Waals surface area contributed by atoms with E-state index in [1.54, 1.807) is 11.3 Å². The topological polar surface area (TPSA) is 35.0 Å². The molecule has 0 saturated heterocycles. The van der Waals surface area contributed by atoms with E-state index < -0.39 is 0 Å². The summed E-state index contributed by atoms with van der Waals surface area (Å²) in [6, 6.07) is 7.87. The van der Waals surface area contributed by atoms with E-state index in [2.05, 4.69) is 38.9 Å². The molecule has 0 aliphatic rings. The Balaban J connectivity index is 2.06. The molecule has 0 unspecified atom stereocenters. The van der Waals surface area contributed by atoms with Gasteiger partial charge in [-0.3, -0.25) is 0 Å². The van der Waals surface area contributed by atoms with Gasteiger partial charge in [0.15, 0.2) is 0 Å². The molecular weight excluding hydrogens is 372 g/mol. The number of rotatable bonds is 3. The van der Waals surface area contributed by atoms with Crippen molar-refractivity contribution < 1.29 is 4.74 Å². The zero-order chi connectivity index (χ0) is 15.0. The molecule has 0 N–H and O–H groups in total. The Labute approximate surface area is 140 Å². The number of hydrogen-bond donors (Lipinski definition) is 0. The number of aromatic nitrogens is 2. The van der Waals surface area contributed by atoms with Crippen LogP contribution >= 0.6 is 38.9 Å². The lowest BCUT2D eigenvalue weighted by molar-refractivity contribution is 0.468. The highest BCUT2D eigenvalue weighted by molar-refractivity contribution is 9.10. The molecule has 0 aliphatic heterocycles. The molecule has 1 aromatic carbocycles. The van der Waals surface area contributed by atoms with E-state index in [0.29, 0.717) is 5.88 Å². The van der Waals surface area contributed by atoms with Gasteiger partial charge in [-0.25, -0.2) is 4.98 Å². The summed E-state index contributed by atoms with van der Waals surface area (Å²) >= 11 is 11.1. The molecule has 3 rings (SSSR count). The van der Waals surface area contributed by atoms with Gasteiger partial charge in [-0.2, -0.15) is 4.98 Å². The van der Waals surface area contributed by atoms with Gasteiger partial charge < -0.3 is 4.74 Å². The summed E-state index contributed by atoms with van der Waals surface area (Å²) in [5.41, 5.74) is 1.10. The van der Waals surface area contributed by atoms with Crippen LogP contribution in [0.15, 0.2) is 28.7 Å². The molecule has 2 aromatic heterocycles. The number of aryl methyl sites for hydroxylation is 2. The number of benzene rings is 1. The summed E-state index contributed by atoms with van der Waals surface area (Å²) in [7, 11) is 0. The van der Waals surface area contributed by atoms with Crippen LogP contribution < -0.4 is 4.74 Å². The van der Waals surface area contributed by atoms with Crippen molar-refractivity contribution in [3.8, 4) is 11.6 Å². The summed E-state index contributed by atoms with van der Waals surface area (Å²) in [6.07, 6.45) is 0.954. The van der Waals surface area contributed by atoms with Gasteiger partial charge in [0.1, 0.15) is 10.6 Å². The molecule has 2 heterocycles. The van der Waals surface area contributed by atoms with Crippen molar-refractivity contribution in [3.05, 3.63) is 44.5 Å². The molecule has 0 fully saturated rings. The number of nitrogens with zero attached hydrogens (tertiary/aromatic N) is 2. The fourth-order valence-electron chi connectivity index (χ4n) is 1.96. The van der Waals surface area contributed by atoms with Crippen LogP contribution in [0.1, 0.15) is 17.4 Å². The molecule has 0 amide bonds. The van der Waals surface area contributed by atoms with E-state index in [1.165, 1.54) is 4.88 Å². The first-order chi connectivity index (χ1) is 10.1. The van der Waals surface area contributed by atoms with E-state index in [0.717, 1.165) is 32.4 Å². The summed E-state index contributed by atoms with van der Waals surface area (Å²) in [4.78, 5) is 10.6. The maximum Gasteiger partial charge on any atom is 0.232 e. The molecule has 0 saturated carbocycles. The zero-order valence-corrected chi connectivity index (χ0v) is 14.6. The molecular formula is C15H12BrClN2OS. The van der Waals surface area contributed by atoms with Crippen LogP contribution in [0.25, 0.3) is 10.2 Å². The van der Waals surface area contributed by atoms with Crippen LogP contribution in [0.5, 0.6) is 11.6 Å². The first-order valence-electron chi connectivity index (χ1n) is 6.46. The SMILES string of the molecule is CCc1cc2c(Oc3ccc(Br)c(C)c3)nc(Cl)nc2s1. The minimum Gasteiger partial charge on any atom is -0.438 e. The highest BCUT2D eigenvalue weighted by Gasteiger charge is 2.13. The number of fused-ring (bicyclic) bond motifs is 1. The normalized spacial score (nSPS) is 11.0. The van der Waals surface area contributed by atoms with Gasteiger partial charge >= 0.3 is 0 Å². The van der Waals surface area contributed by atoms with Crippen LogP contribution in [-0.4, -0.2) is 9.97 Å². The maximum absolute atomic E-state index is 6.00. The van der Waals surface area contributed by atoms with Crippen LogP contribution in [0.4, 0.5) is 0 Å². The van der Waals surface area contributed by atoms with Crippen LogP contribution in [0.2, 0.25) is 5.28 Å². The third-order valence-corrected chi connectivity index (χ3v) is 5.31. The van der Waals surface area contributed by atoms with E-state index in [4.69, 9.17) is 16.3 Å². The fraction of sp³-hybridized carbons (Fsp3) is 0.200. The van der Waals surface area contributed by atoms with E-state index in [-0.39, 0.29) is 5.28 Å². The highest BCUT2D eigenvalue weighted by atomic mass is 79.9. The highest BCUT2D eigenvalue weighted by Crippen LogP contribution is 2.34. The van der Waals surface area contributed by atoms with Gasteiger partial charge in [0.2, 0.25) is 11.2 Å². The molecule has 21 heavy (non-hydrogen) atoms. The standard InChI is InChI=1S/C15H12BrClN2OS/c1-3-10-7-11-13(18-15(17)19-14(11)21-10)20-9-4-5-12(16)8(2)6-9/h4-7H,3H2,1-2H3. The number of thiophene rings is 1. The van der Waals surface area contributed by atoms with Crippen LogP contribution in [0, 0.1) is 6.92 Å². The molecule has 0 bridgehead atoms. The molecule has 108 valence electrons. The predicted octanol–water partition coefficient (Wildman–Crippen LogP) is 5.77. The summed E-state index contributed by atoms with van der Waals surface area (Å²) in [5.74, 6) is 1.23. The molecule has 0 aliphatic carbocycles. The Morgan fingerprint density at radius 2 is 2.10 bits per heavy atom. The largest absolute Gasteiger partial charge is 0.438 e. The van der Waals surface area contributed by atoms with Crippen LogP contribution in [0.3, 0.4) is 0 Å². The second kappa shape index (κ2) is 5.91. The van der Waals surface area contributed by atoms with E-state index in [1.807, 2.05) is 25.1 Å². The van der Waals surface area contributed by atoms with Crippen molar-refractivity contribution in [1.82, 2.24) is 9.97 Å². The number of hydrogen-bond acceptors (Lipinski definition) is 4. The second-order valence-corrected chi connectivity index (χ2v) is 6.90. The van der Waals surface area contributed by atoms with Crippen LogP contribution in [-0.2, 0) is 6.42 Å². The Bertz CT molecular complexity index is 819. The summed E-state index contributed by atoms with van der Waals surface area (Å²) < 4.78 is 6.96. The first kappa shape index (κ1) is 14.8. The average Bonchev–Trinajstić information content (AvgIpc) is 2.86. The van der Waals surface area contributed by atoms with Gasteiger partial charge in [0.05, 0.1) is 5.39 Å². The van der Waals surface area contributed by atoms with Crippen molar-refractivity contribution in [3.63, 3.8) is 0 Å². The fourth-order valence-corrected chi connectivity index (χ4v) is 3.38. The van der Waals surface area contributed by atoms with Gasteiger partial charge in [0.25, 0.3) is 0 Å². The Hall–Kier alpha value is -1.17. The summed E-state index contributed by atoms with van der Waals surface area (Å²) in [6.45, 7) is 4.12. The maximum atomic E-state index is 6.00. The first-order valence-corrected chi connectivity index (χ1v) is 8.45. The van der Waals surface area contributed by atoms with Gasteiger partial charge in [0, 0.05) is 9.35 Å². The number of ether oxygens (including phenoxy) is 1. The van der Waals surface area contributed by atoms with Gasteiger partial charge in [-0.15, -0.1) is 11.3 Å². The lowest BCUT2D eigenvalue weighted by Gasteiger charge is -2.07. The predicted molar refractivity (Wildman–Crippen MR) is 90.8 cm³/mol. The second-order valence-electron chi connectivity index (χ2n) is 4.60. The Morgan fingerprint density at radius 1 is 1.29 bits per heavy atom. The van der Waals surface area contributed by atoms with Crippen molar-refractivity contribution in [2.75, 3.05) is 0 Å². The average molecular weight is 384 g/mol. The number of halogens is 2. The molecule has 0 radical (unpaired) electrons. The molecule has 3 aromatic rings. The van der Waals surface area contributed by atoms with E-state index >= 15 is 0 Å². The quantitative estimate of drug-likeness (QED) is 0.538. The lowest BCUT2D eigenvalue weighted by atomic mass is 10.2. The zero-order valence-electron chi connectivity index (χ0n) is 11.5. The Morgan fingerprint density at radius 3 is 2.81 bits per heavy atom. The van der Waals surface area contributed by atoms with Crippen molar-refractivity contribution in [1.29, 1.82) is 0 Å².